The number of rotatable bonds is 2. The van der Waals surface area contributed by atoms with Crippen LogP contribution in [0.2, 0.25) is 0 Å². The Labute approximate surface area is 118 Å². The number of ether oxygens (including phenoxy) is 1. The summed E-state index contributed by atoms with van der Waals surface area (Å²) in [4.78, 5) is 13.0. The SMILES string of the molecule is CC1OC(C)C(C(=O)NC2CCC(Br)CC2)C1C. The maximum absolute atomic E-state index is 12.4. The fourth-order valence-electron chi connectivity index (χ4n) is 3.21. The van der Waals surface area contributed by atoms with Gasteiger partial charge >= 0.3 is 0 Å². The van der Waals surface area contributed by atoms with Gasteiger partial charge in [0.15, 0.2) is 0 Å². The van der Waals surface area contributed by atoms with Crippen molar-refractivity contribution in [3.8, 4) is 0 Å². The first-order valence-electron chi connectivity index (χ1n) is 7.09. The number of nitrogens with one attached hydrogen (secondary N) is 1. The van der Waals surface area contributed by atoms with E-state index in [0.717, 1.165) is 25.7 Å². The summed E-state index contributed by atoms with van der Waals surface area (Å²) in [5.74, 6) is 0.520. The summed E-state index contributed by atoms with van der Waals surface area (Å²) in [5.41, 5.74) is 0. The van der Waals surface area contributed by atoms with Gasteiger partial charge in [-0.15, -0.1) is 0 Å². The number of alkyl halides is 1. The average molecular weight is 318 g/mol. The predicted molar refractivity (Wildman–Crippen MR) is 75.8 cm³/mol. The van der Waals surface area contributed by atoms with Crippen molar-refractivity contribution >= 4 is 21.8 Å². The zero-order valence-corrected chi connectivity index (χ0v) is 13.1. The van der Waals surface area contributed by atoms with Crippen LogP contribution in [0.3, 0.4) is 0 Å². The van der Waals surface area contributed by atoms with Gasteiger partial charge in [-0.2, -0.15) is 0 Å². The molecule has 104 valence electrons. The molecule has 1 saturated carbocycles. The largest absolute Gasteiger partial charge is 0.374 e. The number of carbonyl (C=O) groups is 1. The first kappa shape index (κ1) is 14.3. The zero-order chi connectivity index (χ0) is 13.3. The Morgan fingerprint density at radius 3 is 2.22 bits per heavy atom. The maximum Gasteiger partial charge on any atom is 0.226 e. The van der Waals surface area contributed by atoms with Gasteiger partial charge in [-0.05, 0) is 45.4 Å². The minimum atomic E-state index is 0.0155. The molecule has 0 spiro atoms. The molecule has 4 heteroatoms. The molecule has 4 atom stereocenters. The van der Waals surface area contributed by atoms with E-state index in [2.05, 4.69) is 35.1 Å². The fraction of sp³-hybridized carbons (Fsp3) is 0.929. The summed E-state index contributed by atoms with van der Waals surface area (Å²) >= 11 is 3.64. The van der Waals surface area contributed by atoms with Crippen LogP contribution in [0.5, 0.6) is 0 Å². The molecule has 1 saturated heterocycles. The van der Waals surface area contributed by atoms with E-state index in [1.807, 2.05) is 6.92 Å². The van der Waals surface area contributed by atoms with Gasteiger partial charge in [-0.25, -0.2) is 0 Å². The van der Waals surface area contributed by atoms with Crippen molar-refractivity contribution in [1.29, 1.82) is 0 Å². The van der Waals surface area contributed by atoms with Crippen LogP contribution < -0.4 is 5.32 Å². The lowest BCUT2D eigenvalue weighted by Gasteiger charge is -2.28. The molecule has 0 aromatic heterocycles. The van der Waals surface area contributed by atoms with E-state index in [-0.39, 0.29) is 24.0 Å². The summed E-state index contributed by atoms with van der Waals surface area (Å²) in [6, 6.07) is 0.363. The minimum Gasteiger partial charge on any atom is -0.374 e. The molecular formula is C14H24BrNO2. The first-order valence-corrected chi connectivity index (χ1v) is 8.00. The van der Waals surface area contributed by atoms with E-state index in [9.17, 15) is 4.79 Å². The highest BCUT2D eigenvalue weighted by Crippen LogP contribution is 2.33. The van der Waals surface area contributed by atoms with Crippen LogP contribution in [-0.2, 0) is 9.53 Å². The maximum atomic E-state index is 12.4. The van der Waals surface area contributed by atoms with Crippen LogP contribution in [0.25, 0.3) is 0 Å². The summed E-state index contributed by atoms with van der Waals surface area (Å²) < 4.78 is 5.75. The van der Waals surface area contributed by atoms with E-state index < -0.39 is 0 Å². The van der Waals surface area contributed by atoms with Gasteiger partial charge in [-0.1, -0.05) is 22.9 Å². The Balaban J connectivity index is 1.88. The Morgan fingerprint density at radius 1 is 1.11 bits per heavy atom. The Hall–Kier alpha value is -0.0900. The van der Waals surface area contributed by atoms with Crippen molar-refractivity contribution < 1.29 is 9.53 Å². The van der Waals surface area contributed by atoms with Gasteiger partial charge in [0, 0.05) is 10.9 Å². The number of amides is 1. The van der Waals surface area contributed by atoms with E-state index in [0.29, 0.717) is 16.8 Å². The zero-order valence-electron chi connectivity index (χ0n) is 11.5. The van der Waals surface area contributed by atoms with Crippen LogP contribution in [0.15, 0.2) is 0 Å². The minimum absolute atomic E-state index is 0.0155. The van der Waals surface area contributed by atoms with E-state index in [4.69, 9.17) is 4.74 Å². The Morgan fingerprint density at radius 2 is 1.72 bits per heavy atom. The molecule has 1 aliphatic heterocycles. The first-order chi connectivity index (χ1) is 8.49. The third-order valence-electron chi connectivity index (χ3n) is 4.55. The van der Waals surface area contributed by atoms with Crippen molar-refractivity contribution in [2.45, 2.75) is 69.5 Å². The molecule has 1 amide bonds. The molecule has 3 nitrogen and oxygen atoms in total. The molecule has 0 aromatic carbocycles. The molecule has 4 unspecified atom stereocenters. The van der Waals surface area contributed by atoms with Crippen molar-refractivity contribution in [1.82, 2.24) is 5.32 Å². The van der Waals surface area contributed by atoms with Gasteiger partial charge in [0.05, 0.1) is 18.1 Å². The molecule has 0 aromatic rings. The quantitative estimate of drug-likeness (QED) is 0.795. The molecule has 1 N–H and O–H groups in total. The molecule has 2 rings (SSSR count). The van der Waals surface area contributed by atoms with Gasteiger partial charge in [-0.3, -0.25) is 4.79 Å². The van der Waals surface area contributed by atoms with Crippen molar-refractivity contribution in [2.24, 2.45) is 11.8 Å². The van der Waals surface area contributed by atoms with Gasteiger partial charge in [0.1, 0.15) is 0 Å². The van der Waals surface area contributed by atoms with E-state index in [1.54, 1.807) is 0 Å². The normalized spacial score (nSPS) is 44.9. The van der Waals surface area contributed by atoms with Crippen LogP contribution in [0.1, 0.15) is 46.5 Å². The van der Waals surface area contributed by atoms with Crippen LogP contribution in [0, 0.1) is 11.8 Å². The number of hydrogen-bond donors (Lipinski definition) is 1. The highest BCUT2D eigenvalue weighted by atomic mass is 79.9. The molecule has 1 aliphatic carbocycles. The molecule has 2 aliphatic rings. The second-order valence-electron chi connectivity index (χ2n) is 5.89. The smallest absolute Gasteiger partial charge is 0.226 e. The predicted octanol–water partition coefficient (Wildman–Crippen LogP) is 2.87. The van der Waals surface area contributed by atoms with Crippen LogP contribution >= 0.6 is 15.9 Å². The van der Waals surface area contributed by atoms with Crippen LogP contribution in [-0.4, -0.2) is 29.0 Å². The lowest BCUT2D eigenvalue weighted by atomic mass is 9.87. The molecule has 0 bridgehead atoms. The lowest BCUT2D eigenvalue weighted by Crippen LogP contribution is -2.44. The second kappa shape index (κ2) is 5.91. The summed E-state index contributed by atoms with van der Waals surface area (Å²) in [5, 5.41) is 3.22. The molecule has 2 fully saturated rings. The van der Waals surface area contributed by atoms with Crippen molar-refractivity contribution in [3.05, 3.63) is 0 Å². The number of carbonyl (C=O) groups excluding carboxylic acids is 1. The highest BCUT2D eigenvalue weighted by Gasteiger charge is 2.42. The molecule has 1 heterocycles. The lowest BCUT2D eigenvalue weighted by molar-refractivity contribution is -0.128. The standard InChI is InChI=1S/C14H24BrNO2/c1-8-9(2)18-10(3)13(8)14(17)16-12-6-4-11(15)5-7-12/h8-13H,4-7H2,1-3H3,(H,16,17). The van der Waals surface area contributed by atoms with Gasteiger partial charge in [0.25, 0.3) is 0 Å². The molecule has 18 heavy (non-hydrogen) atoms. The van der Waals surface area contributed by atoms with Gasteiger partial charge in [0.2, 0.25) is 5.91 Å². The van der Waals surface area contributed by atoms with Crippen molar-refractivity contribution in [2.75, 3.05) is 0 Å². The number of halogens is 1. The van der Waals surface area contributed by atoms with E-state index in [1.165, 1.54) is 0 Å². The topological polar surface area (TPSA) is 38.3 Å². The number of hydrogen-bond acceptors (Lipinski definition) is 2. The third kappa shape index (κ3) is 3.08. The monoisotopic (exact) mass is 317 g/mol. The molecular weight excluding hydrogens is 294 g/mol. The van der Waals surface area contributed by atoms with Gasteiger partial charge < -0.3 is 10.1 Å². The Kier molecular flexibility index (Phi) is 4.70. The van der Waals surface area contributed by atoms with Crippen molar-refractivity contribution in [3.63, 3.8) is 0 Å². The van der Waals surface area contributed by atoms with E-state index >= 15 is 0 Å². The summed E-state index contributed by atoms with van der Waals surface area (Å²) in [7, 11) is 0. The highest BCUT2D eigenvalue weighted by molar-refractivity contribution is 9.09. The van der Waals surface area contributed by atoms with Crippen LogP contribution in [0.4, 0.5) is 0 Å². The Bertz CT molecular complexity index is 302. The average Bonchev–Trinajstić information content (AvgIpc) is 2.56. The second-order valence-corrected chi connectivity index (χ2v) is 7.18. The summed E-state index contributed by atoms with van der Waals surface area (Å²) in [6.45, 7) is 6.19. The summed E-state index contributed by atoms with van der Waals surface area (Å²) in [6.07, 6.45) is 4.74. The molecule has 0 radical (unpaired) electrons. The fourth-order valence-corrected chi connectivity index (χ4v) is 3.74. The third-order valence-corrected chi connectivity index (χ3v) is 5.46.